The number of ether oxygens (including phenoxy) is 1. The Morgan fingerprint density at radius 1 is 1.00 bits per heavy atom. The topological polar surface area (TPSA) is 35.2 Å². The van der Waals surface area contributed by atoms with Crippen molar-refractivity contribution in [1.82, 2.24) is 0 Å². The molecule has 0 aliphatic heterocycles. The van der Waals surface area contributed by atoms with E-state index in [1.54, 1.807) is 7.11 Å². The van der Waals surface area contributed by atoms with Crippen LogP contribution in [0.1, 0.15) is 16.7 Å². The first-order valence-corrected chi connectivity index (χ1v) is 6.60. The second-order valence-corrected chi connectivity index (χ2v) is 4.89. The van der Waals surface area contributed by atoms with Gasteiger partial charge in [0.05, 0.1) is 7.11 Å². The van der Waals surface area contributed by atoms with E-state index in [0.717, 1.165) is 17.7 Å². The fraction of sp³-hybridized carbons (Fsp3) is 0.294. The number of hydrogen-bond donors (Lipinski definition) is 1. The molecule has 2 heteroatoms. The van der Waals surface area contributed by atoms with Gasteiger partial charge in [-0.05, 0) is 55.6 Å². The summed E-state index contributed by atoms with van der Waals surface area (Å²) in [6, 6.07) is 12.8. The molecule has 0 radical (unpaired) electrons. The van der Waals surface area contributed by atoms with E-state index in [-0.39, 0.29) is 0 Å². The minimum atomic E-state index is 0.665. The normalized spacial score (nSPS) is 10.5. The Balaban J connectivity index is 2.54. The molecule has 0 unspecified atom stereocenters. The van der Waals surface area contributed by atoms with Crippen LogP contribution in [0, 0.1) is 13.8 Å². The van der Waals surface area contributed by atoms with Crippen molar-refractivity contribution >= 4 is 0 Å². The Hall–Kier alpha value is -1.80. The van der Waals surface area contributed by atoms with Crippen LogP contribution >= 0.6 is 0 Å². The van der Waals surface area contributed by atoms with Crippen molar-refractivity contribution in [2.24, 2.45) is 5.73 Å². The molecular formula is C17H21NO. The average Bonchev–Trinajstić information content (AvgIpc) is 2.39. The molecule has 0 aromatic heterocycles. The summed E-state index contributed by atoms with van der Waals surface area (Å²) in [6.07, 6.45) is 0.891. The fourth-order valence-corrected chi connectivity index (χ4v) is 2.40. The van der Waals surface area contributed by atoms with Gasteiger partial charge in [0, 0.05) is 5.56 Å². The molecule has 0 amide bonds. The number of aryl methyl sites for hydroxylation is 2. The molecule has 0 spiro atoms. The summed E-state index contributed by atoms with van der Waals surface area (Å²) in [5.74, 6) is 0.910. The lowest BCUT2D eigenvalue weighted by molar-refractivity contribution is 0.416. The van der Waals surface area contributed by atoms with E-state index in [2.05, 4.69) is 44.2 Å². The monoisotopic (exact) mass is 255 g/mol. The second-order valence-electron chi connectivity index (χ2n) is 4.89. The molecule has 0 saturated carbocycles. The minimum Gasteiger partial charge on any atom is -0.496 e. The lowest BCUT2D eigenvalue weighted by atomic mass is 9.96. The van der Waals surface area contributed by atoms with Crippen LogP contribution in [0.15, 0.2) is 36.4 Å². The molecule has 19 heavy (non-hydrogen) atoms. The van der Waals surface area contributed by atoms with Crippen LogP contribution in [-0.4, -0.2) is 13.7 Å². The first-order valence-electron chi connectivity index (χ1n) is 6.60. The first kappa shape index (κ1) is 13.6. The standard InChI is InChI=1S/C17H21NO/c1-12-4-6-15(13(2)10-12)16-11-14(8-9-18)5-7-17(16)19-3/h4-7,10-11H,8-9,18H2,1-3H3. The van der Waals surface area contributed by atoms with Crippen LogP contribution in [0.25, 0.3) is 11.1 Å². The maximum absolute atomic E-state index is 5.64. The van der Waals surface area contributed by atoms with E-state index in [4.69, 9.17) is 10.5 Å². The third kappa shape index (κ3) is 2.96. The lowest BCUT2D eigenvalue weighted by Gasteiger charge is -2.13. The Bertz CT molecular complexity index is 575. The van der Waals surface area contributed by atoms with Gasteiger partial charge >= 0.3 is 0 Å². The van der Waals surface area contributed by atoms with Gasteiger partial charge < -0.3 is 10.5 Å². The molecule has 0 heterocycles. The van der Waals surface area contributed by atoms with Gasteiger partial charge in [0.25, 0.3) is 0 Å². The fourth-order valence-electron chi connectivity index (χ4n) is 2.40. The van der Waals surface area contributed by atoms with Crippen LogP contribution in [0.5, 0.6) is 5.75 Å². The molecule has 2 aromatic carbocycles. The van der Waals surface area contributed by atoms with Crippen molar-refractivity contribution in [1.29, 1.82) is 0 Å². The van der Waals surface area contributed by atoms with Crippen LogP contribution in [0.2, 0.25) is 0 Å². The molecule has 0 saturated heterocycles. The smallest absolute Gasteiger partial charge is 0.126 e. The minimum absolute atomic E-state index is 0.665. The van der Waals surface area contributed by atoms with Crippen molar-refractivity contribution < 1.29 is 4.74 Å². The Labute approximate surface area is 115 Å². The zero-order valence-corrected chi connectivity index (χ0v) is 11.9. The molecule has 2 rings (SSSR count). The summed E-state index contributed by atoms with van der Waals surface area (Å²) in [6.45, 7) is 4.91. The van der Waals surface area contributed by atoms with E-state index >= 15 is 0 Å². The summed E-state index contributed by atoms with van der Waals surface area (Å²) in [7, 11) is 1.71. The number of hydrogen-bond acceptors (Lipinski definition) is 2. The van der Waals surface area contributed by atoms with E-state index in [1.165, 1.54) is 22.3 Å². The predicted molar refractivity (Wildman–Crippen MR) is 80.7 cm³/mol. The molecular weight excluding hydrogens is 234 g/mol. The molecule has 0 aliphatic carbocycles. The summed E-state index contributed by atoms with van der Waals surface area (Å²) in [5.41, 5.74) is 11.8. The SMILES string of the molecule is COc1ccc(CCN)cc1-c1ccc(C)cc1C. The van der Waals surface area contributed by atoms with Crippen LogP contribution in [0.3, 0.4) is 0 Å². The highest BCUT2D eigenvalue weighted by atomic mass is 16.5. The summed E-state index contributed by atoms with van der Waals surface area (Å²) in [4.78, 5) is 0. The molecule has 0 atom stereocenters. The molecule has 100 valence electrons. The third-order valence-corrected chi connectivity index (χ3v) is 3.37. The van der Waals surface area contributed by atoms with Crippen LogP contribution < -0.4 is 10.5 Å². The molecule has 2 nitrogen and oxygen atoms in total. The van der Waals surface area contributed by atoms with Gasteiger partial charge in [0.2, 0.25) is 0 Å². The molecule has 0 aliphatic rings. The van der Waals surface area contributed by atoms with Gasteiger partial charge in [0.15, 0.2) is 0 Å². The van der Waals surface area contributed by atoms with E-state index in [0.29, 0.717) is 6.54 Å². The number of benzene rings is 2. The van der Waals surface area contributed by atoms with Gasteiger partial charge in [0.1, 0.15) is 5.75 Å². The average molecular weight is 255 g/mol. The Morgan fingerprint density at radius 2 is 1.79 bits per heavy atom. The maximum atomic E-state index is 5.64. The van der Waals surface area contributed by atoms with Gasteiger partial charge in [-0.25, -0.2) is 0 Å². The third-order valence-electron chi connectivity index (χ3n) is 3.37. The van der Waals surface area contributed by atoms with Gasteiger partial charge in [-0.1, -0.05) is 29.8 Å². The van der Waals surface area contributed by atoms with Crippen molar-refractivity contribution in [3.05, 3.63) is 53.1 Å². The second kappa shape index (κ2) is 5.89. The number of methoxy groups -OCH3 is 1. The summed E-state index contributed by atoms with van der Waals surface area (Å²) >= 11 is 0. The van der Waals surface area contributed by atoms with Gasteiger partial charge in [-0.15, -0.1) is 0 Å². The quantitative estimate of drug-likeness (QED) is 0.907. The highest BCUT2D eigenvalue weighted by molar-refractivity contribution is 5.74. The van der Waals surface area contributed by atoms with Gasteiger partial charge in [-0.3, -0.25) is 0 Å². The number of nitrogens with two attached hydrogens (primary N) is 1. The summed E-state index contributed by atoms with van der Waals surface area (Å²) in [5, 5.41) is 0. The highest BCUT2D eigenvalue weighted by Crippen LogP contribution is 2.33. The van der Waals surface area contributed by atoms with E-state index in [9.17, 15) is 0 Å². The van der Waals surface area contributed by atoms with Crippen molar-refractivity contribution in [2.75, 3.05) is 13.7 Å². The largest absolute Gasteiger partial charge is 0.496 e. The Morgan fingerprint density at radius 3 is 2.42 bits per heavy atom. The van der Waals surface area contributed by atoms with Crippen molar-refractivity contribution in [3.63, 3.8) is 0 Å². The van der Waals surface area contributed by atoms with E-state index < -0.39 is 0 Å². The molecule has 0 bridgehead atoms. The molecule has 2 N–H and O–H groups in total. The highest BCUT2D eigenvalue weighted by Gasteiger charge is 2.09. The van der Waals surface area contributed by atoms with Crippen LogP contribution in [0.4, 0.5) is 0 Å². The number of rotatable bonds is 4. The Kier molecular flexibility index (Phi) is 4.23. The van der Waals surface area contributed by atoms with E-state index in [1.807, 2.05) is 6.07 Å². The van der Waals surface area contributed by atoms with Crippen LogP contribution in [-0.2, 0) is 6.42 Å². The van der Waals surface area contributed by atoms with Crippen molar-refractivity contribution in [3.8, 4) is 16.9 Å². The molecule has 0 fully saturated rings. The van der Waals surface area contributed by atoms with Crippen molar-refractivity contribution in [2.45, 2.75) is 20.3 Å². The summed E-state index contributed by atoms with van der Waals surface area (Å²) < 4.78 is 5.49. The predicted octanol–water partition coefficient (Wildman–Crippen LogP) is 3.48. The molecule has 2 aromatic rings. The lowest BCUT2D eigenvalue weighted by Crippen LogP contribution is -2.03. The zero-order valence-electron chi connectivity index (χ0n) is 11.9. The zero-order chi connectivity index (χ0) is 13.8. The first-order chi connectivity index (χ1) is 9.15. The maximum Gasteiger partial charge on any atom is 0.126 e. The van der Waals surface area contributed by atoms with Gasteiger partial charge in [-0.2, -0.15) is 0 Å².